The smallest absolute Gasteiger partial charge is 0.222 e. The number of hydrogen-bond donors (Lipinski definition) is 3. The highest BCUT2D eigenvalue weighted by atomic mass is 16.5. The molecular formula is C18H27N5O4. The molecule has 0 aliphatic carbocycles. The summed E-state index contributed by atoms with van der Waals surface area (Å²) in [6.07, 6.45) is 5.59. The van der Waals surface area contributed by atoms with E-state index in [2.05, 4.69) is 27.2 Å². The van der Waals surface area contributed by atoms with Gasteiger partial charge in [-0.15, -0.1) is 0 Å². The van der Waals surface area contributed by atoms with E-state index in [1.165, 1.54) is 6.20 Å². The van der Waals surface area contributed by atoms with E-state index < -0.39 is 0 Å². The molecular weight excluding hydrogens is 350 g/mol. The number of anilines is 2. The van der Waals surface area contributed by atoms with Crippen LogP contribution in [0.5, 0.6) is 17.2 Å². The molecule has 0 spiro atoms. The highest BCUT2D eigenvalue weighted by Crippen LogP contribution is 2.31. The lowest BCUT2D eigenvalue weighted by atomic mass is 10.1. The molecule has 2 heterocycles. The van der Waals surface area contributed by atoms with Crippen molar-refractivity contribution in [2.24, 2.45) is 0 Å². The van der Waals surface area contributed by atoms with Crippen LogP contribution in [0.15, 0.2) is 18.5 Å². The van der Waals surface area contributed by atoms with Crippen LogP contribution in [-0.4, -0.2) is 46.9 Å². The summed E-state index contributed by atoms with van der Waals surface area (Å²) < 4.78 is 16.5. The molecule has 2 aromatic heterocycles. The Morgan fingerprint density at radius 1 is 1.19 bits per heavy atom. The van der Waals surface area contributed by atoms with Crippen molar-refractivity contribution in [2.45, 2.75) is 38.8 Å². The second kappa shape index (κ2) is 10.4. The molecule has 0 aliphatic heterocycles. The molecule has 148 valence electrons. The van der Waals surface area contributed by atoms with Crippen molar-refractivity contribution in [1.82, 2.24) is 15.0 Å². The van der Waals surface area contributed by atoms with Crippen LogP contribution in [-0.2, 0) is 6.61 Å². The van der Waals surface area contributed by atoms with Crippen LogP contribution in [0.1, 0.15) is 31.9 Å². The van der Waals surface area contributed by atoms with Gasteiger partial charge in [-0.25, -0.2) is 4.98 Å². The van der Waals surface area contributed by atoms with Gasteiger partial charge in [0.2, 0.25) is 5.95 Å². The van der Waals surface area contributed by atoms with Crippen LogP contribution >= 0.6 is 0 Å². The first kappa shape index (κ1) is 20.5. The molecule has 9 heteroatoms. The number of nitrogen functional groups attached to an aromatic ring is 1. The van der Waals surface area contributed by atoms with E-state index in [0.29, 0.717) is 35.2 Å². The first-order valence-electron chi connectivity index (χ1n) is 8.81. The Morgan fingerprint density at radius 2 is 2.00 bits per heavy atom. The lowest BCUT2D eigenvalue weighted by molar-refractivity contribution is 0.274. The van der Waals surface area contributed by atoms with Gasteiger partial charge in [0.25, 0.3) is 0 Å². The standard InChI is InChI=1S/C18H27N5O4/c1-4-5-12(7-9-24)22-17-15(10-21-18(19)23-17)27-11-13-16(26-3)14(25-2)6-8-20-13/h6,8,10,12,24H,4-5,7,9,11H2,1-3H3,(H3,19,21,22,23). The monoisotopic (exact) mass is 377 g/mol. The molecule has 1 unspecified atom stereocenters. The van der Waals surface area contributed by atoms with Crippen molar-refractivity contribution in [2.75, 3.05) is 31.9 Å². The Kier molecular flexibility index (Phi) is 7.87. The molecule has 4 N–H and O–H groups in total. The first-order valence-corrected chi connectivity index (χ1v) is 8.81. The van der Waals surface area contributed by atoms with Crippen LogP contribution in [0.4, 0.5) is 11.8 Å². The zero-order valence-corrected chi connectivity index (χ0v) is 15.9. The molecule has 1 atom stereocenters. The molecule has 0 saturated heterocycles. The molecule has 0 radical (unpaired) electrons. The van der Waals surface area contributed by atoms with Gasteiger partial charge in [-0.3, -0.25) is 4.98 Å². The van der Waals surface area contributed by atoms with E-state index in [1.807, 2.05) is 0 Å². The number of pyridine rings is 1. The number of nitrogens with one attached hydrogen (secondary N) is 1. The Balaban J connectivity index is 2.19. The molecule has 0 saturated carbocycles. The van der Waals surface area contributed by atoms with Crippen LogP contribution in [0.2, 0.25) is 0 Å². The maximum absolute atomic E-state index is 9.26. The van der Waals surface area contributed by atoms with Crippen molar-refractivity contribution in [3.8, 4) is 17.2 Å². The van der Waals surface area contributed by atoms with Crippen molar-refractivity contribution < 1.29 is 19.3 Å². The average molecular weight is 377 g/mol. The number of nitrogens with zero attached hydrogens (tertiary/aromatic N) is 3. The van der Waals surface area contributed by atoms with Crippen molar-refractivity contribution >= 4 is 11.8 Å². The molecule has 0 bridgehead atoms. The van der Waals surface area contributed by atoms with E-state index in [4.69, 9.17) is 19.9 Å². The molecule has 0 amide bonds. The summed E-state index contributed by atoms with van der Waals surface area (Å²) in [6.45, 7) is 2.30. The fraction of sp³-hybridized carbons (Fsp3) is 0.500. The third-order valence-corrected chi connectivity index (χ3v) is 3.96. The van der Waals surface area contributed by atoms with E-state index in [-0.39, 0.29) is 25.2 Å². The summed E-state index contributed by atoms with van der Waals surface area (Å²) in [4.78, 5) is 12.5. The summed E-state index contributed by atoms with van der Waals surface area (Å²) in [5.41, 5.74) is 6.31. The van der Waals surface area contributed by atoms with Gasteiger partial charge >= 0.3 is 0 Å². The van der Waals surface area contributed by atoms with Crippen LogP contribution in [0.25, 0.3) is 0 Å². The third kappa shape index (κ3) is 5.58. The van der Waals surface area contributed by atoms with Crippen LogP contribution in [0, 0.1) is 0 Å². The predicted octanol–water partition coefficient (Wildman–Crippen LogP) is 2.01. The van der Waals surface area contributed by atoms with Crippen molar-refractivity contribution in [1.29, 1.82) is 0 Å². The van der Waals surface area contributed by atoms with Gasteiger partial charge in [0.05, 0.1) is 20.4 Å². The second-order valence-electron chi connectivity index (χ2n) is 5.87. The van der Waals surface area contributed by atoms with Gasteiger partial charge in [-0.2, -0.15) is 4.98 Å². The zero-order valence-electron chi connectivity index (χ0n) is 15.9. The molecule has 0 aromatic carbocycles. The summed E-state index contributed by atoms with van der Waals surface area (Å²) in [6, 6.07) is 1.77. The normalized spacial score (nSPS) is 11.7. The fourth-order valence-corrected chi connectivity index (χ4v) is 2.68. The zero-order chi connectivity index (χ0) is 19.6. The maximum atomic E-state index is 9.26. The average Bonchev–Trinajstić information content (AvgIpc) is 2.67. The van der Waals surface area contributed by atoms with Gasteiger partial charge in [0.1, 0.15) is 12.3 Å². The van der Waals surface area contributed by atoms with E-state index >= 15 is 0 Å². The lowest BCUT2D eigenvalue weighted by Crippen LogP contribution is -2.22. The number of aromatic nitrogens is 3. The van der Waals surface area contributed by atoms with E-state index in [9.17, 15) is 5.11 Å². The van der Waals surface area contributed by atoms with Gasteiger partial charge < -0.3 is 30.4 Å². The summed E-state index contributed by atoms with van der Waals surface area (Å²) in [5.74, 6) is 2.14. The fourth-order valence-electron chi connectivity index (χ4n) is 2.68. The Morgan fingerprint density at radius 3 is 2.67 bits per heavy atom. The number of rotatable bonds is 11. The maximum Gasteiger partial charge on any atom is 0.222 e. The second-order valence-corrected chi connectivity index (χ2v) is 5.87. The molecule has 2 aromatic rings. The molecule has 2 rings (SSSR count). The summed E-state index contributed by atoms with van der Waals surface area (Å²) in [5, 5.41) is 12.5. The quantitative estimate of drug-likeness (QED) is 0.539. The molecule has 9 nitrogen and oxygen atoms in total. The lowest BCUT2D eigenvalue weighted by Gasteiger charge is -2.20. The molecule has 27 heavy (non-hydrogen) atoms. The van der Waals surface area contributed by atoms with Crippen molar-refractivity contribution in [3.63, 3.8) is 0 Å². The van der Waals surface area contributed by atoms with Gasteiger partial charge in [-0.05, 0) is 12.8 Å². The predicted molar refractivity (Wildman–Crippen MR) is 102 cm³/mol. The molecule has 0 aliphatic rings. The van der Waals surface area contributed by atoms with Gasteiger partial charge in [0, 0.05) is 24.9 Å². The van der Waals surface area contributed by atoms with Crippen LogP contribution in [0.3, 0.4) is 0 Å². The Bertz CT molecular complexity index is 723. The minimum atomic E-state index is 0.0566. The topological polar surface area (TPSA) is 125 Å². The van der Waals surface area contributed by atoms with Crippen LogP contribution < -0.4 is 25.3 Å². The third-order valence-electron chi connectivity index (χ3n) is 3.96. The number of aliphatic hydroxyl groups is 1. The van der Waals surface area contributed by atoms with Gasteiger partial charge in [-0.1, -0.05) is 13.3 Å². The molecule has 0 fully saturated rings. The number of methoxy groups -OCH3 is 2. The number of ether oxygens (including phenoxy) is 3. The first-order chi connectivity index (χ1) is 13.1. The minimum Gasteiger partial charge on any atom is -0.493 e. The van der Waals surface area contributed by atoms with Gasteiger partial charge in [0.15, 0.2) is 23.1 Å². The number of aliphatic hydroxyl groups excluding tert-OH is 1. The van der Waals surface area contributed by atoms with Crippen molar-refractivity contribution in [3.05, 3.63) is 24.2 Å². The highest BCUT2D eigenvalue weighted by molar-refractivity contribution is 5.52. The van der Waals surface area contributed by atoms with E-state index in [0.717, 1.165) is 12.8 Å². The minimum absolute atomic E-state index is 0.0566. The summed E-state index contributed by atoms with van der Waals surface area (Å²) >= 11 is 0. The summed E-state index contributed by atoms with van der Waals surface area (Å²) in [7, 11) is 3.11. The van der Waals surface area contributed by atoms with E-state index in [1.54, 1.807) is 26.5 Å². The Hall–Kier alpha value is -2.81. The number of hydrogen-bond acceptors (Lipinski definition) is 9. The SMILES string of the molecule is CCCC(CCO)Nc1nc(N)ncc1OCc1nccc(OC)c1OC. The number of nitrogens with two attached hydrogens (primary N) is 1. The Labute approximate surface area is 158 Å². The largest absolute Gasteiger partial charge is 0.493 e. The highest BCUT2D eigenvalue weighted by Gasteiger charge is 2.16.